The first kappa shape index (κ1) is 15.9. The van der Waals surface area contributed by atoms with Gasteiger partial charge in [0.05, 0.1) is 11.7 Å². The molecule has 0 aromatic carbocycles. The highest BCUT2D eigenvalue weighted by atomic mass is 16.5. The molecule has 1 saturated carbocycles. The lowest BCUT2D eigenvalue weighted by atomic mass is 10.1. The van der Waals surface area contributed by atoms with Crippen LogP contribution in [0.15, 0.2) is 18.3 Å². The van der Waals surface area contributed by atoms with E-state index in [1.807, 2.05) is 6.07 Å². The smallest absolute Gasteiger partial charge is 0.253 e. The van der Waals surface area contributed by atoms with Crippen molar-refractivity contribution >= 4 is 5.91 Å². The molecule has 1 unspecified atom stereocenters. The van der Waals surface area contributed by atoms with Gasteiger partial charge in [-0.3, -0.25) is 9.69 Å². The Balaban J connectivity index is 1.62. The van der Waals surface area contributed by atoms with Crippen LogP contribution in [0, 0.1) is 11.3 Å². The summed E-state index contributed by atoms with van der Waals surface area (Å²) in [6.45, 7) is 1.99. The Morgan fingerprint density at radius 1 is 1.43 bits per heavy atom. The van der Waals surface area contributed by atoms with E-state index in [4.69, 9.17) is 10.00 Å². The van der Waals surface area contributed by atoms with Crippen molar-refractivity contribution in [3.8, 4) is 6.07 Å². The third-order valence-corrected chi connectivity index (χ3v) is 4.91. The number of hydrogen-bond acceptors (Lipinski definition) is 5. The minimum Gasteiger partial charge on any atom is -0.380 e. The molecule has 23 heavy (non-hydrogen) atoms. The SMILES string of the molecule is COC1CCN([C@H]2CCC[C@H]2NC(=O)c2ccc(C#N)nc2)C1. The zero-order chi connectivity index (χ0) is 16.2. The molecule has 1 saturated heterocycles. The van der Waals surface area contributed by atoms with Gasteiger partial charge in [0.25, 0.3) is 5.91 Å². The van der Waals surface area contributed by atoms with Gasteiger partial charge >= 0.3 is 0 Å². The number of nitriles is 1. The van der Waals surface area contributed by atoms with Crippen LogP contribution in [0.1, 0.15) is 41.7 Å². The zero-order valence-electron chi connectivity index (χ0n) is 13.4. The van der Waals surface area contributed by atoms with Gasteiger partial charge in [-0.2, -0.15) is 5.26 Å². The fraction of sp³-hybridized carbons (Fsp3) is 0.588. The molecule has 1 aromatic rings. The van der Waals surface area contributed by atoms with Crippen molar-refractivity contribution < 1.29 is 9.53 Å². The second-order valence-electron chi connectivity index (χ2n) is 6.26. The van der Waals surface area contributed by atoms with Crippen LogP contribution < -0.4 is 5.32 Å². The Morgan fingerprint density at radius 3 is 2.96 bits per heavy atom. The predicted octanol–water partition coefficient (Wildman–Crippen LogP) is 1.32. The van der Waals surface area contributed by atoms with Crippen LogP contribution in [0.2, 0.25) is 0 Å². The molecule has 0 spiro atoms. The van der Waals surface area contributed by atoms with Crippen molar-refractivity contribution in [3.63, 3.8) is 0 Å². The van der Waals surface area contributed by atoms with E-state index >= 15 is 0 Å². The summed E-state index contributed by atoms with van der Waals surface area (Å²) in [5, 5.41) is 11.9. The van der Waals surface area contributed by atoms with Gasteiger partial charge in [0.1, 0.15) is 11.8 Å². The Labute approximate surface area is 136 Å². The highest BCUT2D eigenvalue weighted by Gasteiger charge is 2.36. The fourth-order valence-electron chi connectivity index (χ4n) is 3.64. The molecule has 1 amide bonds. The second kappa shape index (κ2) is 7.07. The quantitative estimate of drug-likeness (QED) is 0.907. The zero-order valence-corrected chi connectivity index (χ0v) is 13.4. The average Bonchev–Trinajstić information content (AvgIpc) is 3.23. The number of carbonyl (C=O) groups excluding carboxylic acids is 1. The van der Waals surface area contributed by atoms with Gasteiger partial charge in [-0.15, -0.1) is 0 Å². The minimum atomic E-state index is -0.110. The molecule has 0 bridgehead atoms. The van der Waals surface area contributed by atoms with E-state index in [1.54, 1.807) is 19.2 Å². The predicted molar refractivity (Wildman–Crippen MR) is 84.8 cm³/mol. The van der Waals surface area contributed by atoms with Gasteiger partial charge in [-0.05, 0) is 37.8 Å². The number of hydrogen-bond donors (Lipinski definition) is 1. The number of methoxy groups -OCH3 is 1. The average molecular weight is 314 g/mol. The number of pyridine rings is 1. The molecule has 122 valence electrons. The van der Waals surface area contributed by atoms with Gasteiger partial charge < -0.3 is 10.1 Å². The molecule has 3 rings (SSSR count). The lowest BCUT2D eigenvalue weighted by Crippen LogP contribution is -2.48. The summed E-state index contributed by atoms with van der Waals surface area (Å²) in [7, 11) is 1.76. The van der Waals surface area contributed by atoms with Crippen LogP contribution in [0.5, 0.6) is 0 Å². The summed E-state index contributed by atoms with van der Waals surface area (Å²) in [5.74, 6) is -0.110. The van der Waals surface area contributed by atoms with Crippen molar-refractivity contribution in [1.82, 2.24) is 15.2 Å². The minimum absolute atomic E-state index is 0.110. The standard InChI is InChI=1S/C17H22N4O2/c1-23-14-7-8-21(11-14)16-4-2-3-15(16)20-17(22)12-5-6-13(9-18)19-10-12/h5-6,10,14-16H,2-4,7-8,11H2,1H3,(H,20,22)/t14?,15-,16+/m1/s1. The summed E-state index contributed by atoms with van der Waals surface area (Å²) in [6, 6.07) is 5.76. The number of carbonyl (C=O) groups is 1. The van der Waals surface area contributed by atoms with Gasteiger partial charge in [-0.25, -0.2) is 4.98 Å². The molecule has 6 heteroatoms. The van der Waals surface area contributed by atoms with E-state index in [0.29, 0.717) is 23.4 Å². The number of ether oxygens (including phenoxy) is 1. The summed E-state index contributed by atoms with van der Waals surface area (Å²) < 4.78 is 5.44. The summed E-state index contributed by atoms with van der Waals surface area (Å²) in [4.78, 5) is 18.8. The van der Waals surface area contributed by atoms with E-state index in [0.717, 1.165) is 38.8 Å². The van der Waals surface area contributed by atoms with E-state index in [9.17, 15) is 4.79 Å². The Bertz CT molecular complexity index is 596. The number of nitrogens with zero attached hydrogens (tertiary/aromatic N) is 3. The number of likely N-dealkylation sites (tertiary alicyclic amines) is 1. The maximum atomic E-state index is 12.4. The number of rotatable bonds is 4. The van der Waals surface area contributed by atoms with Crippen molar-refractivity contribution in [2.24, 2.45) is 0 Å². The molecule has 1 aliphatic heterocycles. The van der Waals surface area contributed by atoms with Crippen molar-refractivity contribution in [1.29, 1.82) is 5.26 Å². The van der Waals surface area contributed by atoms with Crippen LogP contribution in [0.25, 0.3) is 0 Å². The highest BCUT2D eigenvalue weighted by molar-refractivity contribution is 5.94. The topological polar surface area (TPSA) is 78.2 Å². The van der Waals surface area contributed by atoms with Crippen molar-refractivity contribution in [2.45, 2.75) is 43.9 Å². The highest BCUT2D eigenvalue weighted by Crippen LogP contribution is 2.28. The molecule has 2 aliphatic rings. The molecule has 2 fully saturated rings. The van der Waals surface area contributed by atoms with Crippen LogP contribution in [-0.4, -0.2) is 54.2 Å². The molecule has 0 radical (unpaired) electrons. The summed E-state index contributed by atoms with van der Waals surface area (Å²) in [5.41, 5.74) is 0.828. The molecule has 1 N–H and O–H groups in total. The number of aromatic nitrogens is 1. The lowest BCUT2D eigenvalue weighted by molar-refractivity contribution is 0.0872. The fourth-order valence-corrected chi connectivity index (χ4v) is 3.64. The molecule has 3 atom stereocenters. The Hall–Kier alpha value is -1.97. The van der Waals surface area contributed by atoms with Gasteiger partial charge in [0.15, 0.2) is 0 Å². The summed E-state index contributed by atoms with van der Waals surface area (Å²) >= 11 is 0. The Kier molecular flexibility index (Phi) is 4.89. The number of amides is 1. The third kappa shape index (κ3) is 3.52. The van der Waals surface area contributed by atoms with E-state index in [1.165, 1.54) is 6.20 Å². The van der Waals surface area contributed by atoms with E-state index in [2.05, 4.69) is 15.2 Å². The molecule has 1 aromatic heterocycles. The number of nitrogens with one attached hydrogen (secondary N) is 1. The molecule has 1 aliphatic carbocycles. The van der Waals surface area contributed by atoms with Crippen LogP contribution in [0.3, 0.4) is 0 Å². The largest absolute Gasteiger partial charge is 0.380 e. The van der Waals surface area contributed by atoms with E-state index < -0.39 is 0 Å². The van der Waals surface area contributed by atoms with Crippen molar-refractivity contribution in [2.75, 3.05) is 20.2 Å². The first-order valence-corrected chi connectivity index (χ1v) is 8.15. The Morgan fingerprint density at radius 2 is 2.30 bits per heavy atom. The second-order valence-corrected chi connectivity index (χ2v) is 6.26. The maximum Gasteiger partial charge on any atom is 0.253 e. The lowest BCUT2D eigenvalue weighted by Gasteiger charge is -2.30. The first-order valence-electron chi connectivity index (χ1n) is 8.15. The van der Waals surface area contributed by atoms with Crippen LogP contribution in [0.4, 0.5) is 0 Å². The van der Waals surface area contributed by atoms with Crippen LogP contribution >= 0.6 is 0 Å². The van der Waals surface area contributed by atoms with Gasteiger partial charge in [-0.1, -0.05) is 0 Å². The maximum absolute atomic E-state index is 12.4. The van der Waals surface area contributed by atoms with Gasteiger partial charge in [0.2, 0.25) is 0 Å². The van der Waals surface area contributed by atoms with Crippen molar-refractivity contribution in [3.05, 3.63) is 29.6 Å². The summed E-state index contributed by atoms with van der Waals surface area (Å²) in [6.07, 6.45) is 6.10. The molecular formula is C17H22N4O2. The molecule has 2 heterocycles. The first-order chi connectivity index (χ1) is 11.2. The molecule has 6 nitrogen and oxygen atoms in total. The normalized spacial score (nSPS) is 27.7. The van der Waals surface area contributed by atoms with Crippen LogP contribution in [-0.2, 0) is 4.74 Å². The van der Waals surface area contributed by atoms with E-state index in [-0.39, 0.29) is 11.9 Å². The third-order valence-electron chi connectivity index (χ3n) is 4.91. The van der Waals surface area contributed by atoms with Gasteiger partial charge in [0, 0.05) is 38.5 Å². The molecular weight excluding hydrogens is 292 g/mol. The monoisotopic (exact) mass is 314 g/mol.